The molecule has 2 rings (SSSR count). The molecule has 0 aliphatic carbocycles. The van der Waals surface area contributed by atoms with Crippen molar-refractivity contribution < 1.29 is 14.7 Å². The molecule has 1 atom stereocenters. The quantitative estimate of drug-likeness (QED) is 0.855. The van der Waals surface area contributed by atoms with Crippen molar-refractivity contribution in [3.63, 3.8) is 0 Å². The summed E-state index contributed by atoms with van der Waals surface area (Å²) in [6, 6.07) is 0.986. The lowest BCUT2D eigenvalue weighted by molar-refractivity contribution is -0.128. The number of aromatic hydroxyl groups is 1. The maximum Gasteiger partial charge on any atom is 0.258 e. The molecule has 1 aliphatic rings. The summed E-state index contributed by atoms with van der Waals surface area (Å²) >= 11 is 0. The fraction of sp³-hybridized carbons (Fsp3) is 0.500. The van der Waals surface area contributed by atoms with E-state index in [1.807, 2.05) is 13.8 Å². The Hall–Kier alpha value is -2.11. The van der Waals surface area contributed by atoms with Gasteiger partial charge < -0.3 is 15.3 Å². The zero-order valence-corrected chi connectivity index (χ0v) is 11.7. The largest absolute Gasteiger partial charge is 0.505 e. The van der Waals surface area contributed by atoms with E-state index < -0.39 is 6.04 Å². The zero-order chi connectivity index (χ0) is 14.7. The van der Waals surface area contributed by atoms with Crippen LogP contribution in [-0.4, -0.2) is 45.9 Å². The Morgan fingerprint density at radius 2 is 2.35 bits per heavy atom. The number of hydrogen-bond acceptors (Lipinski definition) is 4. The smallest absolute Gasteiger partial charge is 0.258 e. The molecule has 6 heteroatoms. The Bertz CT molecular complexity index is 516. The summed E-state index contributed by atoms with van der Waals surface area (Å²) in [5.74, 6) is -0.325. The number of nitrogens with zero attached hydrogens (tertiary/aromatic N) is 2. The van der Waals surface area contributed by atoms with Gasteiger partial charge in [0.25, 0.3) is 5.91 Å². The van der Waals surface area contributed by atoms with Gasteiger partial charge in [0.1, 0.15) is 11.8 Å². The second-order valence-corrected chi connectivity index (χ2v) is 5.33. The minimum atomic E-state index is -0.483. The van der Waals surface area contributed by atoms with Gasteiger partial charge in [-0.15, -0.1) is 0 Å². The van der Waals surface area contributed by atoms with Crippen molar-refractivity contribution in [3.8, 4) is 5.75 Å². The maximum absolute atomic E-state index is 12.5. The highest BCUT2D eigenvalue weighted by molar-refractivity contribution is 6.00. The van der Waals surface area contributed by atoms with Gasteiger partial charge >= 0.3 is 0 Å². The van der Waals surface area contributed by atoms with Gasteiger partial charge in [0.05, 0.1) is 11.8 Å². The van der Waals surface area contributed by atoms with E-state index in [-0.39, 0.29) is 23.1 Å². The molecule has 0 spiro atoms. The highest BCUT2D eigenvalue weighted by Gasteiger charge is 2.34. The first-order valence-electron chi connectivity index (χ1n) is 6.72. The van der Waals surface area contributed by atoms with Gasteiger partial charge in [0.2, 0.25) is 5.91 Å². The average molecular weight is 277 g/mol. The van der Waals surface area contributed by atoms with Gasteiger partial charge in [-0.05, 0) is 18.4 Å². The van der Waals surface area contributed by atoms with Crippen LogP contribution in [0.4, 0.5) is 0 Å². The number of aromatic nitrogens is 1. The molecule has 1 unspecified atom stereocenters. The molecule has 1 aromatic heterocycles. The van der Waals surface area contributed by atoms with Gasteiger partial charge in [-0.1, -0.05) is 13.8 Å². The van der Waals surface area contributed by atoms with Gasteiger partial charge in [-0.25, -0.2) is 0 Å². The van der Waals surface area contributed by atoms with Gasteiger partial charge in [-0.3, -0.25) is 14.6 Å². The lowest BCUT2D eigenvalue weighted by Crippen LogP contribution is -2.57. The van der Waals surface area contributed by atoms with Crippen LogP contribution >= 0.6 is 0 Å². The van der Waals surface area contributed by atoms with Crippen molar-refractivity contribution in [1.29, 1.82) is 0 Å². The fourth-order valence-corrected chi connectivity index (χ4v) is 2.36. The van der Waals surface area contributed by atoms with Crippen molar-refractivity contribution in [1.82, 2.24) is 15.2 Å². The minimum absolute atomic E-state index is 0.133. The SMILES string of the molecule is CC(C)CC1C(=O)NCCN1C(=O)c1ccncc1O. The Kier molecular flexibility index (Phi) is 4.22. The molecule has 2 N–H and O–H groups in total. The van der Waals surface area contributed by atoms with Crippen LogP contribution in [0.5, 0.6) is 5.75 Å². The molecule has 0 aromatic carbocycles. The number of carbonyl (C=O) groups excluding carboxylic acids is 2. The first kappa shape index (κ1) is 14.3. The second-order valence-electron chi connectivity index (χ2n) is 5.33. The fourth-order valence-electron chi connectivity index (χ4n) is 2.36. The molecule has 0 radical (unpaired) electrons. The molecular weight excluding hydrogens is 258 g/mol. The molecule has 1 fully saturated rings. The molecule has 108 valence electrons. The number of hydrogen-bond donors (Lipinski definition) is 2. The Labute approximate surface area is 117 Å². The van der Waals surface area contributed by atoms with E-state index in [0.717, 1.165) is 0 Å². The van der Waals surface area contributed by atoms with Gasteiger partial charge in [0, 0.05) is 19.3 Å². The van der Waals surface area contributed by atoms with Crippen LogP contribution in [0.2, 0.25) is 0 Å². The molecule has 0 saturated carbocycles. The summed E-state index contributed by atoms with van der Waals surface area (Å²) in [4.78, 5) is 29.8. The van der Waals surface area contributed by atoms with Crippen LogP contribution in [0.25, 0.3) is 0 Å². The number of nitrogens with one attached hydrogen (secondary N) is 1. The third kappa shape index (κ3) is 2.89. The summed E-state index contributed by atoms with van der Waals surface area (Å²) in [5, 5.41) is 12.5. The number of pyridine rings is 1. The van der Waals surface area contributed by atoms with E-state index in [1.54, 1.807) is 0 Å². The predicted octanol–water partition coefficient (Wildman–Crippen LogP) is 0.774. The monoisotopic (exact) mass is 277 g/mol. The topological polar surface area (TPSA) is 82.5 Å². The average Bonchev–Trinajstić information content (AvgIpc) is 2.40. The highest BCUT2D eigenvalue weighted by Crippen LogP contribution is 2.21. The number of amides is 2. The minimum Gasteiger partial charge on any atom is -0.505 e. The first-order chi connectivity index (χ1) is 9.50. The number of carbonyl (C=O) groups is 2. The van der Waals surface area contributed by atoms with Crippen LogP contribution < -0.4 is 5.32 Å². The van der Waals surface area contributed by atoms with Crippen molar-refractivity contribution in [2.24, 2.45) is 5.92 Å². The molecule has 1 saturated heterocycles. The Balaban J connectivity index is 2.26. The van der Waals surface area contributed by atoms with E-state index in [4.69, 9.17) is 0 Å². The number of piperazine rings is 1. The van der Waals surface area contributed by atoms with Crippen molar-refractivity contribution in [3.05, 3.63) is 24.0 Å². The van der Waals surface area contributed by atoms with Crippen LogP contribution in [0.15, 0.2) is 18.5 Å². The van der Waals surface area contributed by atoms with Crippen molar-refractivity contribution >= 4 is 11.8 Å². The molecule has 20 heavy (non-hydrogen) atoms. The van der Waals surface area contributed by atoms with E-state index in [9.17, 15) is 14.7 Å². The van der Waals surface area contributed by atoms with Crippen molar-refractivity contribution in [2.75, 3.05) is 13.1 Å². The van der Waals surface area contributed by atoms with Crippen LogP contribution in [0.1, 0.15) is 30.6 Å². The van der Waals surface area contributed by atoms with Crippen LogP contribution in [-0.2, 0) is 4.79 Å². The predicted molar refractivity (Wildman–Crippen MR) is 73.2 cm³/mol. The van der Waals surface area contributed by atoms with Crippen LogP contribution in [0, 0.1) is 5.92 Å². The molecule has 1 aromatic rings. The first-order valence-corrected chi connectivity index (χ1v) is 6.72. The molecule has 1 aliphatic heterocycles. The third-order valence-electron chi connectivity index (χ3n) is 3.32. The molecule has 2 heterocycles. The van der Waals surface area contributed by atoms with E-state index in [1.165, 1.54) is 23.4 Å². The van der Waals surface area contributed by atoms with E-state index in [0.29, 0.717) is 25.4 Å². The van der Waals surface area contributed by atoms with Gasteiger partial charge in [0.15, 0.2) is 0 Å². The lowest BCUT2D eigenvalue weighted by Gasteiger charge is -2.36. The van der Waals surface area contributed by atoms with E-state index >= 15 is 0 Å². The summed E-state index contributed by atoms with van der Waals surface area (Å²) < 4.78 is 0. The van der Waals surface area contributed by atoms with Gasteiger partial charge in [-0.2, -0.15) is 0 Å². The van der Waals surface area contributed by atoms with Crippen molar-refractivity contribution in [2.45, 2.75) is 26.3 Å². The summed E-state index contributed by atoms with van der Waals surface area (Å²) in [5.41, 5.74) is 0.184. The van der Waals surface area contributed by atoms with Crippen LogP contribution in [0.3, 0.4) is 0 Å². The second kappa shape index (κ2) is 5.90. The third-order valence-corrected chi connectivity index (χ3v) is 3.32. The maximum atomic E-state index is 12.5. The lowest BCUT2D eigenvalue weighted by atomic mass is 9.99. The summed E-state index contributed by atoms with van der Waals surface area (Å²) in [7, 11) is 0. The standard InChI is InChI=1S/C14H19N3O3/c1-9(2)7-11-13(19)16-5-6-17(11)14(20)10-3-4-15-8-12(10)18/h3-4,8-9,11,18H,5-7H2,1-2H3,(H,16,19). The Morgan fingerprint density at radius 3 is 3.00 bits per heavy atom. The molecule has 2 amide bonds. The van der Waals surface area contributed by atoms with E-state index in [2.05, 4.69) is 10.3 Å². The highest BCUT2D eigenvalue weighted by atomic mass is 16.3. The Morgan fingerprint density at radius 1 is 1.60 bits per heavy atom. The summed E-state index contributed by atoms with van der Waals surface area (Å²) in [6.45, 7) is 4.90. The molecular formula is C14H19N3O3. The summed E-state index contributed by atoms with van der Waals surface area (Å²) in [6.07, 6.45) is 3.28. The zero-order valence-electron chi connectivity index (χ0n) is 11.7. The number of rotatable bonds is 3. The normalized spacial score (nSPS) is 19.1. The molecule has 0 bridgehead atoms. The molecule has 6 nitrogen and oxygen atoms in total.